The number of anilines is 2. The van der Waals surface area contributed by atoms with Crippen LogP contribution in [-0.2, 0) is 4.79 Å². The summed E-state index contributed by atoms with van der Waals surface area (Å²) in [5.74, 6) is -0.286. The van der Waals surface area contributed by atoms with Gasteiger partial charge in [0.15, 0.2) is 18.1 Å². The first-order chi connectivity index (χ1) is 17.1. The van der Waals surface area contributed by atoms with E-state index in [0.717, 1.165) is 44.7 Å². The summed E-state index contributed by atoms with van der Waals surface area (Å²) in [5, 5.41) is 2.42. The van der Waals surface area contributed by atoms with Gasteiger partial charge in [-0.3, -0.25) is 4.79 Å². The maximum Gasteiger partial charge on any atom is 0.573 e. The summed E-state index contributed by atoms with van der Waals surface area (Å²) in [5.41, 5.74) is 1.49. The molecule has 1 aliphatic rings. The number of halogens is 4. The minimum atomic E-state index is -4.85. The van der Waals surface area contributed by atoms with Crippen LogP contribution in [0.15, 0.2) is 24.4 Å². The molecule has 0 radical (unpaired) electrons. The molecule has 36 heavy (non-hydrogen) atoms. The van der Waals surface area contributed by atoms with Crippen molar-refractivity contribution in [3.05, 3.63) is 35.1 Å². The number of likely N-dealkylation sites (N-methyl/N-ethyl adjacent to an activating group) is 1. The van der Waals surface area contributed by atoms with E-state index in [1.807, 2.05) is 0 Å². The lowest BCUT2D eigenvalue weighted by molar-refractivity contribution is -0.274. The minimum absolute atomic E-state index is 0.0161. The highest BCUT2D eigenvalue weighted by Gasteiger charge is 2.31. The Balaban J connectivity index is 1.39. The van der Waals surface area contributed by atoms with Crippen molar-refractivity contribution < 1.29 is 27.4 Å². The van der Waals surface area contributed by atoms with E-state index in [1.54, 1.807) is 6.92 Å². The van der Waals surface area contributed by atoms with E-state index >= 15 is 0 Å². The van der Waals surface area contributed by atoms with Crippen LogP contribution >= 0.6 is 11.6 Å². The highest BCUT2D eigenvalue weighted by molar-refractivity contribution is 6.32. The Labute approximate surface area is 209 Å². The van der Waals surface area contributed by atoms with Gasteiger partial charge in [-0.05, 0) is 39.1 Å². The molecule has 2 aromatic heterocycles. The molecule has 0 atom stereocenters. The second kappa shape index (κ2) is 10.7. The second-order valence-electron chi connectivity index (χ2n) is 8.16. The van der Waals surface area contributed by atoms with E-state index in [-0.39, 0.29) is 16.6 Å². The fourth-order valence-electron chi connectivity index (χ4n) is 3.60. The largest absolute Gasteiger partial charge is 0.573 e. The number of hydrogen-bond acceptors (Lipinski definition) is 9. The summed E-state index contributed by atoms with van der Waals surface area (Å²) in [6.07, 6.45) is -2.46. The van der Waals surface area contributed by atoms with Gasteiger partial charge in [0, 0.05) is 25.7 Å². The lowest BCUT2D eigenvalue weighted by Crippen LogP contribution is -2.30. The van der Waals surface area contributed by atoms with Crippen molar-refractivity contribution in [1.82, 2.24) is 24.8 Å². The first kappa shape index (κ1) is 25.6. The molecule has 1 fully saturated rings. The Hall–Kier alpha value is -3.45. The number of nitrogens with zero attached hydrogens (tertiary/aromatic N) is 6. The van der Waals surface area contributed by atoms with Crippen LogP contribution < -0.4 is 19.7 Å². The monoisotopic (exact) mass is 525 g/mol. The number of amides is 1. The molecular formula is C22H23ClF3N7O3. The number of carbonyl (C=O) groups excluding carboxylic acids is 1. The smallest absolute Gasteiger partial charge is 0.482 e. The second-order valence-corrected chi connectivity index (χ2v) is 8.56. The number of aromatic nitrogens is 4. The van der Waals surface area contributed by atoms with Crippen molar-refractivity contribution in [2.24, 2.45) is 0 Å². The summed E-state index contributed by atoms with van der Waals surface area (Å²) in [7, 11) is 2.08. The van der Waals surface area contributed by atoms with Gasteiger partial charge in [0.1, 0.15) is 17.0 Å². The van der Waals surface area contributed by atoms with Gasteiger partial charge in [-0.1, -0.05) is 11.6 Å². The van der Waals surface area contributed by atoms with Crippen molar-refractivity contribution in [2.75, 3.05) is 50.1 Å². The molecule has 14 heteroatoms. The van der Waals surface area contributed by atoms with Crippen molar-refractivity contribution in [2.45, 2.75) is 19.7 Å². The number of aryl methyl sites for hydroxylation is 1. The van der Waals surface area contributed by atoms with E-state index in [2.05, 4.69) is 46.8 Å². The maximum atomic E-state index is 12.3. The quantitative estimate of drug-likeness (QED) is 0.518. The Bertz CT molecular complexity index is 1260. The predicted molar refractivity (Wildman–Crippen MR) is 126 cm³/mol. The molecule has 3 heterocycles. The van der Waals surface area contributed by atoms with Crippen LogP contribution in [0.2, 0.25) is 5.02 Å². The van der Waals surface area contributed by atoms with Crippen molar-refractivity contribution in [3.63, 3.8) is 0 Å². The molecule has 0 bridgehead atoms. The summed E-state index contributed by atoms with van der Waals surface area (Å²) in [6, 6.07) is 3.15. The maximum absolute atomic E-state index is 12.3. The average molecular weight is 526 g/mol. The lowest BCUT2D eigenvalue weighted by atomic mass is 10.3. The topological polar surface area (TPSA) is 106 Å². The van der Waals surface area contributed by atoms with Gasteiger partial charge in [0.05, 0.1) is 16.9 Å². The molecule has 192 valence electrons. The molecule has 1 saturated heterocycles. The standard InChI is InChI=1S/C22H23ClF3N7O3/c1-13-19-20(31-21(28-13)33-7-3-6-32(2)8-9-33)27-11-17(30-19)29-18(34)12-35-16-5-4-14(10-15(16)23)36-22(24,25)26/h4-5,10-11H,3,6-9,12H2,1-2H3,(H,29,30,34). The zero-order chi connectivity index (χ0) is 25.9. The zero-order valence-corrected chi connectivity index (χ0v) is 20.2. The third-order valence-corrected chi connectivity index (χ3v) is 5.63. The van der Waals surface area contributed by atoms with E-state index in [0.29, 0.717) is 22.8 Å². The van der Waals surface area contributed by atoms with E-state index in [1.165, 1.54) is 12.3 Å². The first-order valence-corrected chi connectivity index (χ1v) is 11.4. The van der Waals surface area contributed by atoms with Crippen LogP contribution in [0.1, 0.15) is 12.1 Å². The zero-order valence-electron chi connectivity index (χ0n) is 19.5. The summed E-state index contributed by atoms with van der Waals surface area (Å²) >= 11 is 5.92. The van der Waals surface area contributed by atoms with Crippen LogP contribution in [0, 0.1) is 6.92 Å². The predicted octanol–water partition coefficient (Wildman–Crippen LogP) is 3.44. The number of carbonyl (C=O) groups is 1. The Morgan fingerprint density at radius 2 is 1.97 bits per heavy atom. The molecule has 3 aromatic rings. The Morgan fingerprint density at radius 3 is 2.72 bits per heavy atom. The first-order valence-electron chi connectivity index (χ1n) is 11.0. The fourth-order valence-corrected chi connectivity index (χ4v) is 3.82. The molecule has 0 spiro atoms. The Kier molecular flexibility index (Phi) is 7.59. The number of alkyl halides is 3. The molecule has 1 aromatic carbocycles. The normalized spacial score (nSPS) is 15.0. The summed E-state index contributed by atoms with van der Waals surface area (Å²) < 4.78 is 46.0. The van der Waals surface area contributed by atoms with Gasteiger partial charge in [-0.25, -0.2) is 15.0 Å². The molecule has 0 saturated carbocycles. The number of rotatable bonds is 6. The highest BCUT2D eigenvalue weighted by Crippen LogP contribution is 2.31. The van der Waals surface area contributed by atoms with Crippen LogP contribution in [0.25, 0.3) is 11.2 Å². The molecule has 1 N–H and O–H groups in total. The van der Waals surface area contributed by atoms with Crippen LogP contribution in [0.5, 0.6) is 11.5 Å². The number of benzene rings is 1. The van der Waals surface area contributed by atoms with Gasteiger partial charge in [-0.15, -0.1) is 13.2 Å². The molecule has 4 rings (SSSR count). The SMILES string of the molecule is Cc1nc(N2CCCN(C)CC2)nc2ncc(NC(=O)COc3ccc(OC(F)(F)F)cc3Cl)nc12. The molecular weight excluding hydrogens is 503 g/mol. The average Bonchev–Trinajstić information content (AvgIpc) is 3.02. The third kappa shape index (κ3) is 6.61. The van der Waals surface area contributed by atoms with E-state index in [4.69, 9.17) is 16.3 Å². The van der Waals surface area contributed by atoms with Gasteiger partial charge >= 0.3 is 6.36 Å². The number of hydrogen-bond donors (Lipinski definition) is 1. The van der Waals surface area contributed by atoms with Gasteiger partial charge in [0.25, 0.3) is 5.91 Å². The minimum Gasteiger partial charge on any atom is -0.482 e. The number of nitrogens with one attached hydrogen (secondary N) is 1. The van der Waals surface area contributed by atoms with E-state index in [9.17, 15) is 18.0 Å². The van der Waals surface area contributed by atoms with E-state index < -0.39 is 24.6 Å². The molecule has 0 aliphatic carbocycles. The van der Waals surface area contributed by atoms with Gasteiger partial charge in [0.2, 0.25) is 5.95 Å². The van der Waals surface area contributed by atoms with Crippen molar-refractivity contribution in [3.8, 4) is 11.5 Å². The van der Waals surface area contributed by atoms with Crippen molar-refractivity contribution >= 4 is 40.4 Å². The van der Waals surface area contributed by atoms with Crippen LogP contribution in [-0.4, -0.2) is 76.9 Å². The van der Waals surface area contributed by atoms with Gasteiger partial charge in [-0.2, -0.15) is 4.98 Å². The third-order valence-electron chi connectivity index (χ3n) is 5.34. The lowest BCUT2D eigenvalue weighted by Gasteiger charge is -2.21. The van der Waals surface area contributed by atoms with Gasteiger partial charge < -0.3 is 24.6 Å². The molecule has 10 nitrogen and oxygen atoms in total. The number of ether oxygens (including phenoxy) is 2. The van der Waals surface area contributed by atoms with Crippen LogP contribution in [0.3, 0.4) is 0 Å². The Morgan fingerprint density at radius 1 is 1.17 bits per heavy atom. The fraction of sp³-hybridized carbons (Fsp3) is 0.409. The summed E-state index contributed by atoms with van der Waals surface area (Å²) in [4.78, 5) is 34.6. The van der Waals surface area contributed by atoms with Crippen molar-refractivity contribution in [1.29, 1.82) is 0 Å². The van der Waals surface area contributed by atoms with Crippen LogP contribution in [0.4, 0.5) is 24.9 Å². The molecule has 0 unspecified atom stereocenters. The summed E-state index contributed by atoms with van der Waals surface area (Å²) in [6.45, 7) is 4.92. The molecule has 1 aliphatic heterocycles. The highest BCUT2D eigenvalue weighted by atomic mass is 35.5. The number of fused-ring (bicyclic) bond motifs is 1. The molecule has 1 amide bonds.